The van der Waals surface area contributed by atoms with Crippen LogP contribution in [-0.4, -0.2) is 24.1 Å². The van der Waals surface area contributed by atoms with E-state index < -0.39 is 5.41 Å². The summed E-state index contributed by atoms with van der Waals surface area (Å²) in [6.45, 7) is 24.1. The Bertz CT molecular complexity index is 1250. The molecule has 4 saturated carbocycles. The van der Waals surface area contributed by atoms with Crippen LogP contribution in [0.5, 0.6) is 0 Å². The molecule has 8 atom stereocenters. The molecule has 38 heavy (non-hydrogen) atoms. The Morgan fingerprint density at radius 2 is 1.63 bits per heavy atom. The van der Waals surface area contributed by atoms with Crippen molar-refractivity contribution in [2.45, 2.75) is 99.8 Å². The summed E-state index contributed by atoms with van der Waals surface area (Å²) < 4.78 is 0. The van der Waals surface area contributed by atoms with E-state index in [2.05, 4.69) is 49.7 Å². The molecule has 0 aromatic carbocycles. The first-order chi connectivity index (χ1) is 17.7. The predicted molar refractivity (Wildman–Crippen MR) is 147 cm³/mol. The van der Waals surface area contributed by atoms with Crippen LogP contribution in [0.3, 0.4) is 0 Å². The molecule has 5 aliphatic carbocycles. The zero-order valence-electron chi connectivity index (χ0n) is 24.4. The maximum Gasteiger partial charge on any atom is 0.226 e. The third-order valence-corrected chi connectivity index (χ3v) is 13.3. The number of hydrogen-bond donors (Lipinski definition) is 0. The van der Waals surface area contributed by atoms with Crippen molar-refractivity contribution in [3.05, 3.63) is 23.2 Å². The third-order valence-electron chi connectivity index (χ3n) is 13.3. The molecule has 4 fully saturated rings. The molecular weight excluding hydrogens is 472 g/mol. The number of Topliss-reactive ketones (excluding diaryl/α,β-unsaturated/α-hetero) is 2. The molecule has 6 nitrogen and oxygen atoms in total. The average Bonchev–Trinajstić information content (AvgIpc) is 3.38. The van der Waals surface area contributed by atoms with E-state index in [0.717, 1.165) is 50.8 Å². The molecule has 204 valence electrons. The SMILES string of the molecule is [C-]#[N+]C1=C[C@]2(C)[C@H]3CC(=O)[C@@H]4[C@@H]5CC(C)(C)CC[C@]5(C5=NCN=N5)CC[C@@]4(C)[C@]3(C)CC[C@H]2C(C)(C)C1=O. The summed E-state index contributed by atoms with van der Waals surface area (Å²) in [6, 6.07) is 0. The molecule has 0 unspecified atom stereocenters. The Labute approximate surface area is 228 Å². The molecule has 6 aliphatic rings. The zero-order valence-corrected chi connectivity index (χ0v) is 24.4. The van der Waals surface area contributed by atoms with Gasteiger partial charge < -0.3 is 4.79 Å². The molecule has 1 heterocycles. The summed E-state index contributed by atoms with van der Waals surface area (Å²) in [7, 11) is 0. The highest BCUT2D eigenvalue weighted by atomic mass is 16.1. The van der Waals surface area contributed by atoms with Gasteiger partial charge in [-0.25, -0.2) is 9.84 Å². The fourth-order valence-corrected chi connectivity index (χ4v) is 11.2. The second-order valence-corrected chi connectivity index (χ2v) is 15.7. The topological polar surface area (TPSA) is 75.6 Å². The molecule has 0 saturated heterocycles. The van der Waals surface area contributed by atoms with Gasteiger partial charge in [-0.3, -0.25) is 4.79 Å². The monoisotopic (exact) mass is 516 g/mol. The van der Waals surface area contributed by atoms with Crippen molar-refractivity contribution in [3.8, 4) is 0 Å². The summed E-state index contributed by atoms with van der Waals surface area (Å²) in [5, 5.41) is 8.82. The minimum atomic E-state index is -0.591. The van der Waals surface area contributed by atoms with Gasteiger partial charge in [-0.05, 0) is 84.4 Å². The van der Waals surface area contributed by atoms with Crippen LogP contribution in [0.25, 0.3) is 4.85 Å². The lowest BCUT2D eigenvalue weighted by molar-refractivity contribution is -0.215. The Kier molecular flexibility index (Phi) is 5.31. The van der Waals surface area contributed by atoms with E-state index >= 15 is 0 Å². The van der Waals surface area contributed by atoms with Gasteiger partial charge in [-0.1, -0.05) is 54.5 Å². The first-order valence-electron chi connectivity index (χ1n) is 14.8. The highest BCUT2D eigenvalue weighted by Gasteiger charge is 2.72. The van der Waals surface area contributed by atoms with Crippen molar-refractivity contribution in [3.63, 3.8) is 0 Å². The van der Waals surface area contributed by atoms with E-state index in [0.29, 0.717) is 18.9 Å². The summed E-state index contributed by atoms with van der Waals surface area (Å²) in [5.41, 5.74) is -0.814. The van der Waals surface area contributed by atoms with E-state index in [1.165, 1.54) is 0 Å². The number of ketones is 2. The number of fused-ring (bicyclic) bond motifs is 7. The Morgan fingerprint density at radius 3 is 2.29 bits per heavy atom. The van der Waals surface area contributed by atoms with Crippen molar-refractivity contribution in [2.24, 2.45) is 71.4 Å². The van der Waals surface area contributed by atoms with Crippen molar-refractivity contribution in [2.75, 3.05) is 6.67 Å². The van der Waals surface area contributed by atoms with Crippen molar-refractivity contribution in [1.82, 2.24) is 0 Å². The second-order valence-electron chi connectivity index (χ2n) is 15.7. The van der Waals surface area contributed by atoms with Gasteiger partial charge in [-0.15, -0.1) is 5.11 Å². The smallest absolute Gasteiger partial charge is 0.226 e. The molecule has 0 radical (unpaired) electrons. The fourth-order valence-electron chi connectivity index (χ4n) is 11.2. The maximum atomic E-state index is 14.6. The van der Waals surface area contributed by atoms with Crippen LogP contribution in [0, 0.1) is 62.7 Å². The number of rotatable bonds is 1. The predicted octanol–water partition coefficient (Wildman–Crippen LogP) is 7.46. The number of allylic oxidation sites excluding steroid dienone is 2. The molecule has 6 heteroatoms. The lowest BCUT2D eigenvalue weighted by Gasteiger charge is -2.72. The molecule has 0 amide bonds. The quantitative estimate of drug-likeness (QED) is 0.339. The van der Waals surface area contributed by atoms with Crippen molar-refractivity contribution in [1.29, 1.82) is 0 Å². The summed E-state index contributed by atoms with van der Waals surface area (Å²) in [6.07, 6.45) is 9.73. The molecular formula is C32H44N4O2. The van der Waals surface area contributed by atoms with Gasteiger partial charge in [0.15, 0.2) is 18.3 Å². The minimum absolute atomic E-state index is 0.0155. The molecule has 0 aromatic heterocycles. The van der Waals surface area contributed by atoms with Gasteiger partial charge in [0.05, 0.1) is 6.57 Å². The molecule has 0 N–H and O–H groups in total. The van der Waals surface area contributed by atoms with Crippen LogP contribution < -0.4 is 0 Å². The number of aliphatic imine (C=N–C) groups is 1. The molecule has 6 rings (SSSR count). The number of carbonyl (C=O) groups is 2. The van der Waals surface area contributed by atoms with Gasteiger partial charge in [0.2, 0.25) is 5.70 Å². The van der Waals surface area contributed by atoms with Gasteiger partial charge in [-0.2, -0.15) is 5.11 Å². The number of amidine groups is 1. The third kappa shape index (κ3) is 3.02. The molecule has 0 bridgehead atoms. The van der Waals surface area contributed by atoms with Gasteiger partial charge in [0.25, 0.3) is 0 Å². The van der Waals surface area contributed by atoms with Crippen LogP contribution in [0.15, 0.2) is 27.0 Å². The van der Waals surface area contributed by atoms with E-state index in [1.54, 1.807) is 0 Å². The second kappa shape index (κ2) is 7.73. The number of azo groups is 1. The minimum Gasteiger partial charge on any atom is -0.307 e. The van der Waals surface area contributed by atoms with Crippen LogP contribution in [0.2, 0.25) is 0 Å². The lowest BCUT2D eigenvalue weighted by Crippen LogP contribution is -2.69. The lowest BCUT2D eigenvalue weighted by atomic mass is 9.31. The Balaban J connectivity index is 1.48. The van der Waals surface area contributed by atoms with E-state index in [9.17, 15) is 9.59 Å². The summed E-state index contributed by atoms with van der Waals surface area (Å²) in [5.74, 6) is 1.76. The normalized spacial score (nSPS) is 48.6. The summed E-state index contributed by atoms with van der Waals surface area (Å²) >= 11 is 0. The number of hydrogen-bond acceptors (Lipinski definition) is 5. The Morgan fingerprint density at radius 1 is 0.921 bits per heavy atom. The van der Waals surface area contributed by atoms with Crippen LogP contribution >= 0.6 is 0 Å². The average molecular weight is 517 g/mol. The van der Waals surface area contributed by atoms with E-state index in [-0.39, 0.29) is 62.2 Å². The molecule has 0 aromatic rings. The van der Waals surface area contributed by atoms with Crippen LogP contribution in [-0.2, 0) is 9.59 Å². The first kappa shape index (κ1) is 26.1. The molecule has 1 aliphatic heterocycles. The standard InChI is InChI=1S/C32H44N4O2/c1-27(2)11-13-32(26-34-18-35-36-26)14-12-31(7)24(19(32)16-27)21(37)15-23-29(5)17-20(33-8)25(38)28(3,4)22(29)9-10-30(23,31)6/h17,19,22-24H,9-16,18H2,1-7H3/t19-,22-,23+,24-,29-,30+,31+,32-/m0/s1. The van der Waals surface area contributed by atoms with Gasteiger partial charge in [0, 0.05) is 23.2 Å². The number of carbonyl (C=O) groups excluding carboxylic acids is 2. The zero-order chi connectivity index (χ0) is 27.5. The first-order valence-corrected chi connectivity index (χ1v) is 14.8. The van der Waals surface area contributed by atoms with Crippen molar-refractivity contribution < 1.29 is 9.59 Å². The van der Waals surface area contributed by atoms with E-state index in [4.69, 9.17) is 11.6 Å². The Hall–Kier alpha value is -2.16. The van der Waals surface area contributed by atoms with Crippen LogP contribution in [0.4, 0.5) is 0 Å². The largest absolute Gasteiger partial charge is 0.307 e. The fraction of sp³-hybridized carbons (Fsp3) is 0.812. The van der Waals surface area contributed by atoms with Crippen molar-refractivity contribution >= 4 is 17.4 Å². The maximum absolute atomic E-state index is 14.6. The highest BCUT2D eigenvalue weighted by Crippen LogP contribution is 2.76. The number of nitrogens with zero attached hydrogens (tertiary/aromatic N) is 4. The molecule has 0 spiro atoms. The summed E-state index contributed by atoms with van der Waals surface area (Å²) in [4.78, 5) is 36.4. The van der Waals surface area contributed by atoms with Gasteiger partial charge in [0.1, 0.15) is 5.78 Å². The highest BCUT2D eigenvalue weighted by molar-refractivity contribution is 6.02. The van der Waals surface area contributed by atoms with Gasteiger partial charge >= 0.3 is 0 Å². The van der Waals surface area contributed by atoms with Crippen LogP contribution in [0.1, 0.15) is 99.8 Å². The van der Waals surface area contributed by atoms with E-state index in [1.807, 2.05) is 19.9 Å².